The van der Waals surface area contributed by atoms with Crippen LogP contribution in [0.2, 0.25) is 0 Å². The lowest BCUT2D eigenvalue weighted by Crippen LogP contribution is -2.19. The van der Waals surface area contributed by atoms with E-state index in [1.807, 2.05) is 0 Å². The highest BCUT2D eigenvalue weighted by molar-refractivity contribution is 8.23. The second-order valence-electron chi connectivity index (χ2n) is 2.75. The molecule has 1 unspecified atom stereocenters. The molecule has 0 N–H and O–H groups in total. The van der Waals surface area contributed by atoms with Crippen LogP contribution in [-0.4, -0.2) is 31.7 Å². The third-order valence-corrected chi connectivity index (χ3v) is 3.07. The van der Waals surface area contributed by atoms with E-state index in [1.54, 1.807) is 37.1 Å². The molecule has 0 bridgehead atoms. The molecule has 0 aliphatic carbocycles. The number of aromatic nitrogens is 2. The van der Waals surface area contributed by atoms with Crippen molar-refractivity contribution < 1.29 is 9.53 Å². The number of thiocarbonyl (C=S) groups is 1. The van der Waals surface area contributed by atoms with Gasteiger partial charge >= 0.3 is 5.97 Å². The molecule has 0 spiro atoms. The van der Waals surface area contributed by atoms with Gasteiger partial charge in [0.15, 0.2) is 0 Å². The molecule has 6 heteroatoms. The molecule has 0 radical (unpaired) electrons. The fraction of sp³-hybridized carbons (Fsp3) is 0.444. The third kappa shape index (κ3) is 3.64. The van der Waals surface area contributed by atoms with E-state index in [4.69, 9.17) is 17.0 Å². The van der Waals surface area contributed by atoms with Crippen LogP contribution in [0.25, 0.3) is 0 Å². The molecule has 1 aromatic rings. The monoisotopic (exact) mass is 244 g/mol. The first kappa shape index (κ1) is 12.2. The molecule has 0 amide bonds. The van der Waals surface area contributed by atoms with E-state index >= 15 is 0 Å². The number of nitrogens with zero attached hydrogens (tertiary/aromatic N) is 2. The summed E-state index contributed by atoms with van der Waals surface area (Å²) in [5.41, 5.74) is 0. The molecule has 0 saturated heterocycles. The zero-order chi connectivity index (χ0) is 11.3. The number of carbonyl (C=O) groups is 1. The van der Waals surface area contributed by atoms with E-state index < -0.39 is 0 Å². The Hall–Kier alpha value is -0.880. The Morgan fingerprint density at radius 3 is 3.00 bits per heavy atom. The zero-order valence-electron chi connectivity index (χ0n) is 8.54. The second-order valence-corrected chi connectivity index (χ2v) is 4.72. The van der Waals surface area contributed by atoms with Gasteiger partial charge in [0.05, 0.1) is 6.61 Å². The third-order valence-electron chi connectivity index (χ3n) is 1.61. The molecule has 0 saturated carbocycles. The quantitative estimate of drug-likeness (QED) is 0.598. The summed E-state index contributed by atoms with van der Waals surface area (Å²) < 4.78 is 7.16. The average Bonchev–Trinajstić information content (AvgIpc) is 2.70. The van der Waals surface area contributed by atoms with Gasteiger partial charge < -0.3 is 4.74 Å². The summed E-state index contributed by atoms with van der Waals surface area (Å²) in [7, 11) is 0. The Balaban J connectivity index is 2.48. The molecule has 1 heterocycles. The van der Waals surface area contributed by atoms with Crippen molar-refractivity contribution in [2.45, 2.75) is 19.1 Å². The van der Waals surface area contributed by atoms with Gasteiger partial charge in [-0.05, 0) is 13.8 Å². The van der Waals surface area contributed by atoms with Crippen LogP contribution in [0.15, 0.2) is 18.7 Å². The van der Waals surface area contributed by atoms with Crippen LogP contribution in [0.1, 0.15) is 13.8 Å². The highest BCUT2D eigenvalue weighted by Gasteiger charge is 2.17. The summed E-state index contributed by atoms with van der Waals surface area (Å²) in [4.78, 5) is 15.2. The van der Waals surface area contributed by atoms with Crippen LogP contribution in [0.5, 0.6) is 0 Å². The largest absolute Gasteiger partial charge is 0.465 e. The molecule has 4 nitrogen and oxygen atoms in total. The van der Waals surface area contributed by atoms with E-state index in [0.717, 1.165) is 0 Å². The lowest BCUT2D eigenvalue weighted by atomic mass is 10.5. The summed E-state index contributed by atoms with van der Waals surface area (Å²) in [5, 5.41) is -0.292. The minimum Gasteiger partial charge on any atom is -0.465 e. The standard InChI is InChI=1S/C9H12N2O2S2/c1-3-13-8(12)7(2)15-9(14)11-5-4-10-6-11/h4-7H,3H2,1-2H3. The summed E-state index contributed by atoms with van der Waals surface area (Å²) in [5.74, 6) is -0.245. The lowest BCUT2D eigenvalue weighted by molar-refractivity contribution is -0.142. The van der Waals surface area contributed by atoms with Crippen LogP contribution in [0.4, 0.5) is 0 Å². The number of esters is 1. The molecular weight excluding hydrogens is 232 g/mol. The number of thioether (sulfide) groups is 1. The van der Waals surface area contributed by atoms with Crippen molar-refractivity contribution in [3.63, 3.8) is 0 Å². The molecule has 15 heavy (non-hydrogen) atoms. The number of hydrogen-bond acceptors (Lipinski definition) is 5. The van der Waals surface area contributed by atoms with Gasteiger partial charge in [0, 0.05) is 12.4 Å². The Kier molecular flexibility index (Phi) is 4.77. The molecule has 1 aromatic heterocycles. The van der Waals surface area contributed by atoms with Crippen LogP contribution in [0.3, 0.4) is 0 Å². The summed E-state index contributed by atoms with van der Waals surface area (Å²) >= 11 is 6.42. The highest BCUT2D eigenvalue weighted by atomic mass is 32.2. The van der Waals surface area contributed by atoms with E-state index in [2.05, 4.69) is 4.98 Å². The minimum atomic E-state index is -0.292. The van der Waals surface area contributed by atoms with Gasteiger partial charge in [0.2, 0.25) is 0 Å². The van der Waals surface area contributed by atoms with Crippen LogP contribution >= 0.6 is 24.0 Å². The van der Waals surface area contributed by atoms with Crippen molar-refractivity contribution >= 4 is 34.3 Å². The maximum absolute atomic E-state index is 11.3. The molecule has 0 aromatic carbocycles. The second kappa shape index (κ2) is 5.87. The van der Waals surface area contributed by atoms with Crippen LogP contribution in [0, 0.1) is 0 Å². The van der Waals surface area contributed by atoms with Gasteiger partial charge in [-0.3, -0.25) is 9.36 Å². The van der Waals surface area contributed by atoms with Crippen molar-refractivity contribution in [3.8, 4) is 0 Å². The van der Waals surface area contributed by atoms with E-state index in [-0.39, 0.29) is 11.2 Å². The van der Waals surface area contributed by atoms with Crippen molar-refractivity contribution in [1.82, 2.24) is 9.55 Å². The molecule has 0 aliphatic heterocycles. The summed E-state index contributed by atoms with van der Waals surface area (Å²) in [6.07, 6.45) is 4.99. The minimum absolute atomic E-state index is 0.245. The van der Waals surface area contributed by atoms with Crippen LogP contribution in [-0.2, 0) is 9.53 Å². The van der Waals surface area contributed by atoms with Crippen molar-refractivity contribution in [2.24, 2.45) is 0 Å². The number of hydrogen-bond donors (Lipinski definition) is 0. The highest BCUT2D eigenvalue weighted by Crippen LogP contribution is 2.15. The SMILES string of the molecule is CCOC(=O)C(C)SC(=S)n1ccnc1. The number of carbonyl (C=O) groups excluding carboxylic acids is 1. The van der Waals surface area contributed by atoms with Gasteiger partial charge in [0.25, 0.3) is 0 Å². The first-order chi connectivity index (χ1) is 7.15. The first-order valence-corrected chi connectivity index (χ1v) is 5.79. The summed E-state index contributed by atoms with van der Waals surface area (Å²) in [6, 6.07) is 0. The van der Waals surface area contributed by atoms with E-state index in [0.29, 0.717) is 10.9 Å². The number of imidazole rings is 1. The predicted octanol–water partition coefficient (Wildman–Crippen LogP) is 1.70. The normalized spacial score (nSPS) is 12.1. The Morgan fingerprint density at radius 2 is 2.47 bits per heavy atom. The smallest absolute Gasteiger partial charge is 0.319 e. The van der Waals surface area contributed by atoms with Crippen LogP contribution < -0.4 is 0 Å². The van der Waals surface area contributed by atoms with Gasteiger partial charge in [-0.1, -0.05) is 24.0 Å². The Morgan fingerprint density at radius 1 is 1.73 bits per heavy atom. The Labute approximate surface area is 98.0 Å². The van der Waals surface area contributed by atoms with Crippen molar-refractivity contribution in [1.29, 1.82) is 0 Å². The van der Waals surface area contributed by atoms with E-state index in [9.17, 15) is 4.79 Å². The van der Waals surface area contributed by atoms with Crippen molar-refractivity contribution in [2.75, 3.05) is 6.61 Å². The van der Waals surface area contributed by atoms with Gasteiger partial charge in [-0.15, -0.1) is 0 Å². The number of rotatable bonds is 3. The van der Waals surface area contributed by atoms with E-state index in [1.165, 1.54) is 11.8 Å². The average molecular weight is 244 g/mol. The molecule has 82 valence electrons. The zero-order valence-corrected chi connectivity index (χ0v) is 10.2. The lowest BCUT2D eigenvalue weighted by Gasteiger charge is -2.10. The molecular formula is C9H12N2O2S2. The molecule has 0 fully saturated rings. The fourth-order valence-electron chi connectivity index (χ4n) is 0.887. The van der Waals surface area contributed by atoms with Gasteiger partial charge in [0.1, 0.15) is 15.9 Å². The first-order valence-electron chi connectivity index (χ1n) is 4.50. The topological polar surface area (TPSA) is 44.1 Å². The number of ether oxygens (including phenoxy) is 1. The van der Waals surface area contributed by atoms with Crippen molar-refractivity contribution in [3.05, 3.63) is 18.7 Å². The fourth-order valence-corrected chi connectivity index (χ4v) is 2.12. The molecule has 1 rings (SSSR count). The van der Waals surface area contributed by atoms with Gasteiger partial charge in [-0.2, -0.15) is 0 Å². The van der Waals surface area contributed by atoms with Gasteiger partial charge in [-0.25, -0.2) is 4.98 Å². The Bertz CT molecular complexity index is 338. The molecule has 1 atom stereocenters. The predicted molar refractivity (Wildman–Crippen MR) is 63.9 cm³/mol. The maximum atomic E-state index is 11.3. The maximum Gasteiger partial charge on any atom is 0.319 e. The molecule has 0 aliphatic rings. The summed E-state index contributed by atoms with van der Waals surface area (Å²) in [6.45, 7) is 3.94.